The molecule has 130 valence electrons. The normalized spacial score (nSPS) is 18.2. The van der Waals surface area contributed by atoms with Gasteiger partial charge in [-0.1, -0.05) is 55.5 Å². The summed E-state index contributed by atoms with van der Waals surface area (Å²) in [7, 11) is 0. The van der Waals surface area contributed by atoms with Crippen molar-refractivity contribution in [2.75, 3.05) is 11.4 Å². The van der Waals surface area contributed by atoms with E-state index in [-0.39, 0.29) is 30.2 Å². The van der Waals surface area contributed by atoms with E-state index in [4.69, 9.17) is 0 Å². The van der Waals surface area contributed by atoms with Gasteiger partial charge in [-0.15, -0.1) is 0 Å². The number of anilines is 1. The zero-order valence-corrected chi connectivity index (χ0v) is 14.7. The fourth-order valence-corrected chi connectivity index (χ4v) is 3.35. The largest absolute Gasteiger partial charge is 0.349 e. The summed E-state index contributed by atoms with van der Waals surface area (Å²) in [6, 6.07) is 17.7. The lowest BCUT2D eigenvalue weighted by Crippen LogP contribution is -2.34. The molecule has 3 rings (SSSR count). The van der Waals surface area contributed by atoms with E-state index in [0.717, 1.165) is 23.2 Å². The first-order valence-electron chi connectivity index (χ1n) is 8.83. The van der Waals surface area contributed by atoms with Gasteiger partial charge in [0.1, 0.15) is 0 Å². The van der Waals surface area contributed by atoms with Crippen LogP contribution in [0.25, 0.3) is 0 Å². The Morgan fingerprint density at radius 1 is 1.16 bits per heavy atom. The van der Waals surface area contributed by atoms with Crippen LogP contribution in [0.4, 0.5) is 5.69 Å². The first kappa shape index (κ1) is 17.2. The van der Waals surface area contributed by atoms with Gasteiger partial charge in [0, 0.05) is 18.7 Å². The van der Waals surface area contributed by atoms with E-state index in [1.54, 1.807) is 4.90 Å². The average molecular weight is 336 g/mol. The second-order valence-electron chi connectivity index (χ2n) is 6.53. The Morgan fingerprint density at radius 2 is 1.84 bits per heavy atom. The highest BCUT2D eigenvalue weighted by atomic mass is 16.2. The van der Waals surface area contributed by atoms with E-state index < -0.39 is 0 Å². The lowest BCUT2D eigenvalue weighted by Gasteiger charge is -2.20. The maximum absolute atomic E-state index is 12.6. The Hall–Kier alpha value is -2.62. The molecule has 4 heteroatoms. The Labute approximate surface area is 148 Å². The fourth-order valence-electron chi connectivity index (χ4n) is 3.35. The third-order valence-electron chi connectivity index (χ3n) is 4.82. The number of aryl methyl sites for hydroxylation is 1. The smallest absolute Gasteiger partial charge is 0.227 e. The molecule has 0 aliphatic carbocycles. The molecule has 2 aromatic rings. The highest BCUT2D eigenvalue weighted by Gasteiger charge is 2.36. The molecule has 1 N–H and O–H groups in total. The van der Waals surface area contributed by atoms with Crippen molar-refractivity contribution in [3.8, 4) is 0 Å². The van der Waals surface area contributed by atoms with Crippen LogP contribution < -0.4 is 10.2 Å². The van der Waals surface area contributed by atoms with Crippen molar-refractivity contribution < 1.29 is 9.59 Å². The molecule has 2 aromatic carbocycles. The topological polar surface area (TPSA) is 49.4 Å². The summed E-state index contributed by atoms with van der Waals surface area (Å²) in [5, 5.41) is 3.04. The highest BCUT2D eigenvalue weighted by Crippen LogP contribution is 2.29. The van der Waals surface area contributed by atoms with Crippen LogP contribution in [0.5, 0.6) is 0 Å². The van der Waals surface area contributed by atoms with Crippen molar-refractivity contribution in [1.29, 1.82) is 0 Å². The van der Waals surface area contributed by atoms with Gasteiger partial charge in [-0.3, -0.25) is 9.59 Å². The molecule has 0 saturated carbocycles. The molecule has 0 spiro atoms. The Morgan fingerprint density at radius 3 is 2.56 bits per heavy atom. The summed E-state index contributed by atoms with van der Waals surface area (Å²) < 4.78 is 0. The summed E-state index contributed by atoms with van der Waals surface area (Å²) in [4.78, 5) is 26.8. The molecule has 1 heterocycles. The van der Waals surface area contributed by atoms with Gasteiger partial charge in [0.15, 0.2) is 0 Å². The third kappa shape index (κ3) is 3.73. The number of carbonyl (C=O) groups excluding carboxylic acids is 2. The van der Waals surface area contributed by atoms with Crippen LogP contribution in [0.1, 0.15) is 37.4 Å². The van der Waals surface area contributed by atoms with Crippen LogP contribution in [0.2, 0.25) is 0 Å². The minimum absolute atomic E-state index is 0.0217. The van der Waals surface area contributed by atoms with Crippen molar-refractivity contribution in [3.05, 3.63) is 65.7 Å². The zero-order chi connectivity index (χ0) is 17.8. The summed E-state index contributed by atoms with van der Waals surface area (Å²) in [6.45, 7) is 4.49. The third-order valence-corrected chi connectivity index (χ3v) is 4.82. The number of para-hydroxylation sites is 1. The van der Waals surface area contributed by atoms with Gasteiger partial charge in [0.25, 0.3) is 0 Å². The molecule has 25 heavy (non-hydrogen) atoms. The Bertz CT molecular complexity index is 758. The van der Waals surface area contributed by atoms with Crippen LogP contribution in [0.3, 0.4) is 0 Å². The maximum atomic E-state index is 12.6. The number of hydrogen-bond acceptors (Lipinski definition) is 2. The molecule has 0 unspecified atom stereocenters. The maximum Gasteiger partial charge on any atom is 0.227 e. The lowest BCUT2D eigenvalue weighted by atomic mass is 10.0. The quantitative estimate of drug-likeness (QED) is 0.909. The number of hydrogen-bond donors (Lipinski definition) is 1. The van der Waals surface area contributed by atoms with Crippen molar-refractivity contribution in [1.82, 2.24) is 5.32 Å². The molecule has 1 fully saturated rings. The SMILES string of the molecule is CCc1ccccc1N1C[C@H](C(=O)N[C@@H](C)c2ccccc2)CC1=O. The van der Waals surface area contributed by atoms with E-state index in [0.29, 0.717) is 6.54 Å². The molecule has 0 radical (unpaired) electrons. The molecule has 2 atom stereocenters. The molecule has 1 aliphatic rings. The van der Waals surface area contributed by atoms with Crippen molar-refractivity contribution in [2.45, 2.75) is 32.7 Å². The standard InChI is InChI=1S/C21H24N2O2/c1-3-16-9-7-8-12-19(16)23-14-18(13-20(23)24)21(25)22-15(2)17-10-5-4-6-11-17/h4-12,15,18H,3,13-14H2,1-2H3,(H,22,25)/t15-,18+/m0/s1. The molecule has 0 bridgehead atoms. The van der Waals surface area contributed by atoms with Crippen LogP contribution in [-0.2, 0) is 16.0 Å². The van der Waals surface area contributed by atoms with Gasteiger partial charge >= 0.3 is 0 Å². The minimum atomic E-state index is -0.302. The highest BCUT2D eigenvalue weighted by molar-refractivity contribution is 6.00. The molecule has 0 aromatic heterocycles. The Balaban J connectivity index is 1.69. The van der Waals surface area contributed by atoms with Gasteiger partial charge in [-0.2, -0.15) is 0 Å². The number of rotatable bonds is 5. The summed E-state index contributed by atoms with van der Waals surface area (Å²) in [5.41, 5.74) is 3.13. The van der Waals surface area contributed by atoms with Gasteiger partial charge in [-0.05, 0) is 30.5 Å². The van der Waals surface area contributed by atoms with Crippen molar-refractivity contribution in [2.24, 2.45) is 5.92 Å². The molecule has 1 aliphatic heterocycles. The molecular weight excluding hydrogens is 312 g/mol. The van der Waals surface area contributed by atoms with Gasteiger partial charge in [-0.25, -0.2) is 0 Å². The molecule has 4 nitrogen and oxygen atoms in total. The van der Waals surface area contributed by atoms with E-state index >= 15 is 0 Å². The van der Waals surface area contributed by atoms with E-state index in [2.05, 4.69) is 12.2 Å². The summed E-state index contributed by atoms with van der Waals surface area (Å²) in [5.74, 6) is -0.335. The van der Waals surface area contributed by atoms with E-state index in [1.807, 2.05) is 61.5 Å². The first-order valence-corrected chi connectivity index (χ1v) is 8.83. The van der Waals surface area contributed by atoms with E-state index in [9.17, 15) is 9.59 Å². The molecule has 2 amide bonds. The van der Waals surface area contributed by atoms with Crippen LogP contribution in [-0.4, -0.2) is 18.4 Å². The second kappa shape index (κ2) is 7.51. The number of nitrogens with zero attached hydrogens (tertiary/aromatic N) is 1. The lowest BCUT2D eigenvalue weighted by molar-refractivity contribution is -0.126. The van der Waals surface area contributed by atoms with Gasteiger partial charge < -0.3 is 10.2 Å². The van der Waals surface area contributed by atoms with Crippen molar-refractivity contribution in [3.63, 3.8) is 0 Å². The second-order valence-corrected chi connectivity index (χ2v) is 6.53. The number of nitrogens with one attached hydrogen (secondary N) is 1. The predicted molar refractivity (Wildman–Crippen MR) is 99.3 cm³/mol. The summed E-state index contributed by atoms with van der Waals surface area (Å²) in [6.07, 6.45) is 1.13. The monoisotopic (exact) mass is 336 g/mol. The number of amides is 2. The zero-order valence-electron chi connectivity index (χ0n) is 14.7. The van der Waals surface area contributed by atoms with Gasteiger partial charge in [0.2, 0.25) is 11.8 Å². The van der Waals surface area contributed by atoms with Crippen LogP contribution in [0.15, 0.2) is 54.6 Å². The minimum Gasteiger partial charge on any atom is -0.349 e. The fraction of sp³-hybridized carbons (Fsp3) is 0.333. The van der Waals surface area contributed by atoms with Crippen LogP contribution >= 0.6 is 0 Å². The average Bonchev–Trinajstić information content (AvgIpc) is 3.04. The van der Waals surface area contributed by atoms with Gasteiger partial charge in [0.05, 0.1) is 12.0 Å². The summed E-state index contributed by atoms with van der Waals surface area (Å²) >= 11 is 0. The molecule has 1 saturated heterocycles. The number of carbonyl (C=O) groups is 2. The predicted octanol–water partition coefficient (Wildman–Crippen LogP) is 3.48. The van der Waals surface area contributed by atoms with Crippen molar-refractivity contribution >= 4 is 17.5 Å². The number of benzene rings is 2. The van der Waals surface area contributed by atoms with E-state index in [1.165, 1.54) is 0 Å². The first-order chi connectivity index (χ1) is 12.1. The molecular formula is C21H24N2O2. The van der Waals surface area contributed by atoms with Crippen LogP contribution in [0, 0.1) is 5.92 Å². The Kier molecular flexibility index (Phi) is 5.17.